The largest absolute Gasteiger partial charge is 0.370 e. The number of primary amides is 1. The minimum Gasteiger partial charge on any atom is -0.370 e. The number of guanidine groups is 1. The van der Waals surface area contributed by atoms with Gasteiger partial charge in [0.2, 0.25) is 15.9 Å². The number of amides is 1. The van der Waals surface area contributed by atoms with E-state index in [-0.39, 0.29) is 17.3 Å². The third-order valence-electron chi connectivity index (χ3n) is 4.31. The molecule has 0 aliphatic heterocycles. The van der Waals surface area contributed by atoms with Crippen molar-refractivity contribution in [3.05, 3.63) is 72.3 Å². The van der Waals surface area contributed by atoms with Gasteiger partial charge in [0.15, 0.2) is 5.96 Å². The van der Waals surface area contributed by atoms with E-state index in [1.165, 1.54) is 6.07 Å². The maximum atomic E-state index is 13.0. The van der Waals surface area contributed by atoms with E-state index in [9.17, 15) is 13.2 Å². The van der Waals surface area contributed by atoms with Crippen LogP contribution >= 0.6 is 0 Å². The van der Waals surface area contributed by atoms with Crippen molar-refractivity contribution in [2.24, 2.45) is 22.2 Å². The highest BCUT2D eigenvalue weighted by molar-refractivity contribution is 7.89. The van der Waals surface area contributed by atoms with Gasteiger partial charge in [0.25, 0.3) is 0 Å². The van der Waals surface area contributed by atoms with Crippen LogP contribution in [0.1, 0.15) is 5.56 Å². The molecule has 0 heterocycles. The summed E-state index contributed by atoms with van der Waals surface area (Å²) in [6.07, 6.45) is 0.0848. The van der Waals surface area contributed by atoms with Gasteiger partial charge in [-0.3, -0.25) is 4.79 Å². The maximum absolute atomic E-state index is 13.0. The number of benzene rings is 3. The van der Waals surface area contributed by atoms with Crippen LogP contribution < -0.4 is 21.9 Å². The fourth-order valence-electron chi connectivity index (χ4n) is 2.97. The van der Waals surface area contributed by atoms with E-state index in [2.05, 4.69) is 9.71 Å². The first-order valence-corrected chi connectivity index (χ1v) is 10.2. The molecular formula is C20H21N5O3S. The molecule has 0 aliphatic rings. The zero-order valence-corrected chi connectivity index (χ0v) is 16.3. The van der Waals surface area contributed by atoms with Crippen LogP contribution in [0, 0.1) is 0 Å². The second kappa shape index (κ2) is 8.29. The molecule has 0 aliphatic carbocycles. The zero-order valence-electron chi connectivity index (χ0n) is 15.4. The molecular weight excluding hydrogens is 390 g/mol. The van der Waals surface area contributed by atoms with Crippen LogP contribution in [0.4, 0.5) is 5.69 Å². The summed E-state index contributed by atoms with van der Waals surface area (Å²) in [6.45, 7) is 0. The maximum Gasteiger partial charge on any atom is 0.241 e. The van der Waals surface area contributed by atoms with Crippen LogP contribution in [0.3, 0.4) is 0 Å². The van der Waals surface area contributed by atoms with Crippen LogP contribution in [0.2, 0.25) is 0 Å². The standard InChI is InChI=1S/C20H21N5O3S/c21-19(26)17(12-13-8-10-15(11-9-13)24-20(22)23)25-29(27,28)18-7-3-5-14-4-1-2-6-16(14)18/h1-11,17,25H,12H2,(H2,21,26)(H4,22,23,24)/t17-/m0/s1. The summed E-state index contributed by atoms with van der Waals surface area (Å²) in [7, 11) is -3.98. The molecule has 0 spiro atoms. The molecule has 1 atom stereocenters. The molecule has 8 nitrogen and oxygen atoms in total. The Morgan fingerprint density at radius 1 is 0.931 bits per heavy atom. The van der Waals surface area contributed by atoms with E-state index in [0.29, 0.717) is 16.6 Å². The third kappa shape index (κ3) is 4.89. The van der Waals surface area contributed by atoms with Gasteiger partial charge in [-0.1, -0.05) is 48.5 Å². The predicted molar refractivity (Wildman–Crippen MR) is 113 cm³/mol. The fourth-order valence-corrected chi connectivity index (χ4v) is 4.41. The van der Waals surface area contributed by atoms with Gasteiger partial charge in [-0.15, -0.1) is 0 Å². The lowest BCUT2D eigenvalue weighted by Crippen LogP contribution is -2.45. The molecule has 9 heteroatoms. The topological polar surface area (TPSA) is 154 Å². The third-order valence-corrected chi connectivity index (χ3v) is 5.84. The second-order valence-corrected chi connectivity index (χ2v) is 8.14. The summed E-state index contributed by atoms with van der Waals surface area (Å²) in [4.78, 5) is 15.9. The Morgan fingerprint density at radius 2 is 1.59 bits per heavy atom. The summed E-state index contributed by atoms with van der Waals surface area (Å²) < 4.78 is 28.4. The van der Waals surface area contributed by atoms with Crippen molar-refractivity contribution in [1.82, 2.24) is 4.72 Å². The van der Waals surface area contributed by atoms with Gasteiger partial charge in [0.1, 0.15) is 6.04 Å². The van der Waals surface area contributed by atoms with Crippen LogP contribution in [0.25, 0.3) is 10.8 Å². The highest BCUT2D eigenvalue weighted by Crippen LogP contribution is 2.23. The van der Waals surface area contributed by atoms with Crippen molar-refractivity contribution >= 4 is 38.3 Å². The van der Waals surface area contributed by atoms with Crippen molar-refractivity contribution < 1.29 is 13.2 Å². The molecule has 0 aromatic heterocycles. The lowest BCUT2D eigenvalue weighted by Gasteiger charge is -2.17. The number of carbonyl (C=O) groups is 1. The number of nitrogens with zero attached hydrogens (tertiary/aromatic N) is 1. The van der Waals surface area contributed by atoms with Gasteiger partial charge in [0.05, 0.1) is 10.6 Å². The number of nitrogens with one attached hydrogen (secondary N) is 1. The number of nitrogens with two attached hydrogens (primary N) is 3. The number of carbonyl (C=O) groups excluding carboxylic acids is 1. The number of aliphatic imine (C=N–C) groups is 1. The quantitative estimate of drug-likeness (QED) is 0.339. The predicted octanol–water partition coefficient (Wildman–Crippen LogP) is 1.12. The Hall–Kier alpha value is -3.43. The van der Waals surface area contributed by atoms with Gasteiger partial charge >= 0.3 is 0 Å². The fraction of sp³-hybridized carbons (Fsp3) is 0.100. The Bertz CT molecular complexity index is 1160. The smallest absolute Gasteiger partial charge is 0.241 e. The minimum atomic E-state index is -3.98. The summed E-state index contributed by atoms with van der Waals surface area (Å²) in [6, 6.07) is 17.7. The Balaban J connectivity index is 1.86. The first-order valence-electron chi connectivity index (χ1n) is 8.74. The molecule has 150 valence electrons. The molecule has 0 bridgehead atoms. The highest BCUT2D eigenvalue weighted by atomic mass is 32.2. The number of hydrogen-bond donors (Lipinski definition) is 4. The van der Waals surface area contributed by atoms with Gasteiger partial charge in [0, 0.05) is 5.39 Å². The average molecular weight is 411 g/mol. The van der Waals surface area contributed by atoms with E-state index in [1.54, 1.807) is 42.5 Å². The first kappa shape index (κ1) is 20.3. The molecule has 0 saturated carbocycles. The Labute approximate surface area is 168 Å². The van der Waals surface area contributed by atoms with Gasteiger partial charge in [-0.25, -0.2) is 13.4 Å². The molecule has 3 rings (SSSR count). The zero-order chi connectivity index (χ0) is 21.0. The van der Waals surface area contributed by atoms with Crippen LogP contribution in [-0.4, -0.2) is 26.3 Å². The number of rotatable bonds is 7. The van der Waals surface area contributed by atoms with Crippen LogP contribution in [0.15, 0.2) is 76.6 Å². The monoisotopic (exact) mass is 411 g/mol. The average Bonchev–Trinajstić information content (AvgIpc) is 2.68. The molecule has 29 heavy (non-hydrogen) atoms. The molecule has 0 unspecified atom stereocenters. The summed E-state index contributed by atoms with van der Waals surface area (Å²) >= 11 is 0. The van der Waals surface area contributed by atoms with Crippen molar-refractivity contribution in [2.45, 2.75) is 17.4 Å². The van der Waals surface area contributed by atoms with Crippen molar-refractivity contribution in [3.8, 4) is 0 Å². The molecule has 0 fully saturated rings. The number of fused-ring (bicyclic) bond motifs is 1. The minimum absolute atomic E-state index is 0.0735. The van der Waals surface area contributed by atoms with E-state index >= 15 is 0 Å². The highest BCUT2D eigenvalue weighted by Gasteiger charge is 2.25. The molecule has 0 radical (unpaired) electrons. The summed E-state index contributed by atoms with van der Waals surface area (Å²) in [5.74, 6) is -0.849. The SMILES string of the molecule is NC(=O)[C@H](Cc1ccc(N=C(N)N)cc1)NS(=O)(=O)c1cccc2ccccc12. The molecule has 3 aromatic rings. The van der Waals surface area contributed by atoms with Gasteiger partial charge in [-0.2, -0.15) is 4.72 Å². The van der Waals surface area contributed by atoms with E-state index in [1.807, 2.05) is 18.2 Å². The van der Waals surface area contributed by atoms with Crippen LogP contribution in [0.5, 0.6) is 0 Å². The van der Waals surface area contributed by atoms with Crippen molar-refractivity contribution in [3.63, 3.8) is 0 Å². The van der Waals surface area contributed by atoms with E-state index in [0.717, 1.165) is 5.39 Å². The van der Waals surface area contributed by atoms with Gasteiger partial charge in [-0.05, 0) is 35.6 Å². The van der Waals surface area contributed by atoms with Gasteiger partial charge < -0.3 is 17.2 Å². The number of sulfonamides is 1. The molecule has 3 aromatic carbocycles. The summed E-state index contributed by atoms with van der Waals surface area (Å²) in [5.41, 5.74) is 17.4. The van der Waals surface area contributed by atoms with E-state index in [4.69, 9.17) is 17.2 Å². The van der Waals surface area contributed by atoms with Crippen molar-refractivity contribution in [2.75, 3.05) is 0 Å². The van der Waals surface area contributed by atoms with E-state index < -0.39 is 22.0 Å². The van der Waals surface area contributed by atoms with Crippen molar-refractivity contribution in [1.29, 1.82) is 0 Å². The molecule has 0 saturated heterocycles. The number of hydrogen-bond acceptors (Lipinski definition) is 4. The Morgan fingerprint density at radius 3 is 2.24 bits per heavy atom. The first-order chi connectivity index (χ1) is 13.8. The Kier molecular flexibility index (Phi) is 5.81. The summed E-state index contributed by atoms with van der Waals surface area (Å²) in [5, 5.41) is 1.34. The molecule has 1 amide bonds. The molecule has 7 N–H and O–H groups in total. The second-order valence-electron chi connectivity index (χ2n) is 6.46. The normalized spacial score (nSPS) is 12.4. The lowest BCUT2D eigenvalue weighted by molar-refractivity contribution is -0.119. The van der Waals surface area contributed by atoms with Crippen LogP contribution in [-0.2, 0) is 21.2 Å². The lowest BCUT2D eigenvalue weighted by atomic mass is 10.1.